The molecule has 0 aliphatic heterocycles. The van der Waals surface area contributed by atoms with Gasteiger partial charge in [-0.15, -0.1) is 0 Å². The molecule has 1 aliphatic carbocycles. The lowest BCUT2D eigenvalue weighted by molar-refractivity contribution is 1.59. The molecule has 176 valence electrons. The average molecular weight is 481 g/mol. The number of benzene rings is 7. The van der Waals surface area contributed by atoms with Gasteiger partial charge >= 0.3 is 0 Å². The van der Waals surface area contributed by atoms with Crippen molar-refractivity contribution in [1.29, 1.82) is 0 Å². The van der Waals surface area contributed by atoms with E-state index in [0.29, 0.717) is 0 Å². The van der Waals surface area contributed by atoms with Gasteiger partial charge in [0.1, 0.15) is 0 Å². The van der Waals surface area contributed by atoms with Crippen LogP contribution in [-0.4, -0.2) is 0 Å². The first kappa shape index (κ1) is 21.2. The van der Waals surface area contributed by atoms with Crippen LogP contribution in [0.5, 0.6) is 0 Å². The second kappa shape index (κ2) is 8.30. The van der Waals surface area contributed by atoms with Crippen molar-refractivity contribution in [1.82, 2.24) is 0 Å². The summed E-state index contributed by atoms with van der Waals surface area (Å²) in [5.41, 5.74) is 12.9. The highest BCUT2D eigenvalue weighted by molar-refractivity contribution is 6.16. The van der Waals surface area contributed by atoms with Crippen LogP contribution < -0.4 is 0 Å². The van der Waals surface area contributed by atoms with Crippen LogP contribution in [0.3, 0.4) is 0 Å². The second-order valence-corrected chi connectivity index (χ2v) is 10.1. The summed E-state index contributed by atoms with van der Waals surface area (Å²) in [6, 6.07) is 53.2. The predicted molar refractivity (Wildman–Crippen MR) is 162 cm³/mol. The Morgan fingerprint density at radius 3 is 1.58 bits per heavy atom. The molecule has 38 heavy (non-hydrogen) atoms. The van der Waals surface area contributed by atoms with E-state index in [0.717, 1.165) is 0 Å². The minimum Gasteiger partial charge on any atom is -0.0616 e. The minimum atomic E-state index is 1.23. The van der Waals surface area contributed by atoms with Crippen LogP contribution in [0.25, 0.3) is 77.2 Å². The van der Waals surface area contributed by atoms with Crippen molar-refractivity contribution in [3.63, 3.8) is 0 Å². The van der Waals surface area contributed by atoms with Gasteiger partial charge in [-0.05, 0) is 89.3 Å². The molecule has 0 heterocycles. The molecule has 7 aromatic carbocycles. The van der Waals surface area contributed by atoms with Gasteiger partial charge in [0.15, 0.2) is 0 Å². The molecule has 0 saturated heterocycles. The number of hydrogen-bond acceptors (Lipinski definition) is 0. The first-order valence-electron chi connectivity index (χ1n) is 13.2. The molecule has 0 atom stereocenters. The molecular weight excluding hydrogens is 456 g/mol. The van der Waals surface area contributed by atoms with Crippen molar-refractivity contribution in [2.45, 2.75) is 0 Å². The molecular formula is C38H24. The smallest absolute Gasteiger partial charge is 0.00259 e. The van der Waals surface area contributed by atoms with Crippen LogP contribution in [0.15, 0.2) is 146 Å². The largest absolute Gasteiger partial charge is 0.0616 e. The van der Waals surface area contributed by atoms with Crippen molar-refractivity contribution in [3.05, 3.63) is 146 Å². The third-order valence-electron chi connectivity index (χ3n) is 8.02. The number of fused-ring (bicyclic) bond motifs is 4. The summed E-state index contributed by atoms with van der Waals surface area (Å²) in [4.78, 5) is 0. The Kier molecular flexibility index (Phi) is 4.62. The SMILES string of the molecule is c1ccc(-c2cccc3ccccc23)c(-c2ccc(-c3cc4c5c(cccc5c3)-c3ccccc3-4)cc2)c1. The minimum absolute atomic E-state index is 1.23. The molecule has 0 unspecified atom stereocenters. The molecule has 1 aliphatic rings. The molecule has 0 radical (unpaired) electrons. The third kappa shape index (κ3) is 3.17. The lowest BCUT2D eigenvalue weighted by Crippen LogP contribution is -1.87. The first-order chi connectivity index (χ1) is 18.8. The Bertz CT molecular complexity index is 2000. The Morgan fingerprint density at radius 2 is 0.789 bits per heavy atom. The van der Waals surface area contributed by atoms with E-state index >= 15 is 0 Å². The molecule has 0 aromatic heterocycles. The maximum absolute atomic E-state index is 2.37. The Balaban J connectivity index is 1.24. The fraction of sp³-hybridized carbons (Fsp3) is 0. The van der Waals surface area contributed by atoms with Crippen molar-refractivity contribution in [3.8, 4) is 55.6 Å². The van der Waals surface area contributed by atoms with Crippen LogP contribution in [0.2, 0.25) is 0 Å². The Labute approximate surface area is 222 Å². The molecule has 0 bridgehead atoms. The molecule has 0 amide bonds. The van der Waals surface area contributed by atoms with Gasteiger partial charge in [0.25, 0.3) is 0 Å². The summed E-state index contributed by atoms with van der Waals surface area (Å²) >= 11 is 0. The van der Waals surface area contributed by atoms with Gasteiger partial charge in [0, 0.05) is 0 Å². The van der Waals surface area contributed by atoms with E-state index in [-0.39, 0.29) is 0 Å². The maximum Gasteiger partial charge on any atom is -0.00259 e. The Morgan fingerprint density at radius 1 is 0.263 bits per heavy atom. The highest BCUT2D eigenvalue weighted by atomic mass is 14.2. The lowest BCUT2D eigenvalue weighted by Gasteiger charge is -2.14. The van der Waals surface area contributed by atoms with Crippen molar-refractivity contribution in [2.75, 3.05) is 0 Å². The molecule has 0 N–H and O–H groups in total. The zero-order chi connectivity index (χ0) is 25.1. The Hall–Kier alpha value is -4.94. The fourth-order valence-corrected chi connectivity index (χ4v) is 6.26. The molecule has 0 spiro atoms. The molecule has 0 saturated carbocycles. The van der Waals surface area contributed by atoms with Gasteiger partial charge in [0.05, 0.1) is 0 Å². The molecule has 0 fully saturated rings. The average Bonchev–Trinajstić information content (AvgIpc) is 3.32. The van der Waals surface area contributed by atoms with E-state index in [1.54, 1.807) is 0 Å². The quantitative estimate of drug-likeness (QED) is 0.236. The normalized spacial score (nSPS) is 11.7. The monoisotopic (exact) mass is 480 g/mol. The van der Waals surface area contributed by atoms with Gasteiger partial charge in [-0.1, -0.05) is 133 Å². The fourth-order valence-electron chi connectivity index (χ4n) is 6.26. The van der Waals surface area contributed by atoms with Crippen LogP contribution in [0, 0.1) is 0 Å². The summed E-state index contributed by atoms with van der Waals surface area (Å²) in [6.07, 6.45) is 0. The standard InChI is InChI=1S/C38H24/c1-2-12-30-26(9-1)10-7-17-33(30)32-14-4-3-13-31(32)27-21-19-25(20-22-27)29-23-28-11-8-18-36-34-15-5-6-16-35(34)37(24-29)38(28)36/h1-24H. The topological polar surface area (TPSA) is 0 Å². The van der Waals surface area contributed by atoms with E-state index in [9.17, 15) is 0 Å². The molecule has 7 aromatic rings. The van der Waals surface area contributed by atoms with Gasteiger partial charge in [0.2, 0.25) is 0 Å². The summed E-state index contributed by atoms with van der Waals surface area (Å²) in [5, 5.41) is 5.23. The third-order valence-corrected chi connectivity index (χ3v) is 8.02. The van der Waals surface area contributed by atoms with Crippen LogP contribution >= 0.6 is 0 Å². The zero-order valence-corrected chi connectivity index (χ0v) is 20.9. The lowest BCUT2D eigenvalue weighted by atomic mass is 9.90. The van der Waals surface area contributed by atoms with Crippen LogP contribution in [0.4, 0.5) is 0 Å². The molecule has 8 rings (SSSR count). The van der Waals surface area contributed by atoms with E-state index in [2.05, 4.69) is 146 Å². The number of rotatable bonds is 3. The highest BCUT2D eigenvalue weighted by Gasteiger charge is 2.21. The molecule has 0 nitrogen and oxygen atoms in total. The zero-order valence-electron chi connectivity index (χ0n) is 20.9. The first-order valence-corrected chi connectivity index (χ1v) is 13.2. The van der Waals surface area contributed by atoms with Crippen molar-refractivity contribution in [2.24, 2.45) is 0 Å². The van der Waals surface area contributed by atoms with Crippen molar-refractivity contribution >= 4 is 21.5 Å². The van der Waals surface area contributed by atoms with Gasteiger partial charge in [-0.3, -0.25) is 0 Å². The van der Waals surface area contributed by atoms with Crippen LogP contribution in [0.1, 0.15) is 0 Å². The van der Waals surface area contributed by atoms with E-state index in [1.165, 1.54) is 77.2 Å². The van der Waals surface area contributed by atoms with E-state index < -0.39 is 0 Å². The van der Waals surface area contributed by atoms with Gasteiger partial charge in [-0.2, -0.15) is 0 Å². The van der Waals surface area contributed by atoms with E-state index in [1.807, 2.05) is 0 Å². The predicted octanol–water partition coefficient (Wildman–Crippen LogP) is 10.6. The van der Waals surface area contributed by atoms with Gasteiger partial charge in [-0.25, -0.2) is 0 Å². The van der Waals surface area contributed by atoms with Crippen molar-refractivity contribution < 1.29 is 0 Å². The summed E-state index contributed by atoms with van der Waals surface area (Å²) < 4.78 is 0. The number of hydrogen-bond donors (Lipinski definition) is 0. The highest BCUT2D eigenvalue weighted by Crippen LogP contribution is 2.48. The maximum atomic E-state index is 2.37. The summed E-state index contributed by atoms with van der Waals surface area (Å²) in [5.74, 6) is 0. The summed E-state index contributed by atoms with van der Waals surface area (Å²) in [6.45, 7) is 0. The van der Waals surface area contributed by atoms with Gasteiger partial charge < -0.3 is 0 Å². The van der Waals surface area contributed by atoms with E-state index in [4.69, 9.17) is 0 Å². The van der Waals surface area contributed by atoms with Crippen LogP contribution in [-0.2, 0) is 0 Å². The molecule has 0 heteroatoms. The second-order valence-electron chi connectivity index (χ2n) is 10.1. The summed E-state index contributed by atoms with van der Waals surface area (Å²) in [7, 11) is 0.